The van der Waals surface area contributed by atoms with Gasteiger partial charge in [0.25, 0.3) is 0 Å². The minimum atomic E-state index is 0.286. The Labute approximate surface area is 105 Å². The zero-order chi connectivity index (χ0) is 12.8. The smallest absolute Gasteiger partial charge is 0.0644 e. The van der Waals surface area contributed by atoms with Gasteiger partial charge in [-0.25, -0.2) is 0 Å². The normalized spacial score (nSPS) is 10.9. The van der Waals surface area contributed by atoms with Gasteiger partial charge in [0.05, 0.1) is 12.7 Å². The van der Waals surface area contributed by atoms with Crippen LogP contribution in [-0.4, -0.2) is 26.3 Å². The fourth-order valence-electron chi connectivity index (χ4n) is 1.97. The molecule has 0 saturated carbocycles. The summed E-state index contributed by atoms with van der Waals surface area (Å²) in [5.41, 5.74) is 9.47. The molecule has 0 amide bonds. The Balaban J connectivity index is 2.70. The summed E-state index contributed by atoms with van der Waals surface area (Å²) >= 11 is 0. The molecule has 1 aromatic carbocycles. The van der Waals surface area contributed by atoms with Crippen LogP contribution in [0.25, 0.3) is 0 Å². The van der Waals surface area contributed by atoms with E-state index in [4.69, 9.17) is 10.5 Å². The fraction of sp³-hybridized carbons (Fsp3) is 0.571. The van der Waals surface area contributed by atoms with Crippen LogP contribution < -0.4 is 10.6 Å². The van der Waals surface area contributed by atoms with Gasteiger partial charge >= 0.3 is 0 Å². The van der Waals surface area contributed by atoms with E-state index < -0.39 is 0 Å². The van der Waals surface area contributed by atoms with Gasteiger partial charge in [0.15, 0.2) is 0 Å². The third-order valence-corrected chi connectivity index (χ3v) is 2.80. The molecule has 96 valence electrons. The van der Waals surface area contributed by atoms with Crippen LogP contribution in [0.15, 0.2) is 18.2 Å². The molecule has 0 radical (unpaired) electrons. The molecule has 3 nitrogen and oxygen atoms in total. The highest BCUT2D eigenvalue weighted by Crippen LogP contribution is 2.23. The third kappa shape index (κ3) is 4.02. The first-order valence-electron chi connectivity index (χ1n) is 6.17. The number of likely N-dealkylation sites (N-methyl/N-ethyl adjacent to an activating group) is 1. The van der Waals surface area contributed by atoms with E-state index >= 15 is 0 Å². The lowest BCUT2D eigenvalue weighted by molar-refractivity contribution is 0.0846. The molecular formula is C14H24N2O. The molecule has 0 aliphatic carbocycles. The highest BCUT2D eigenvalue weighted by Gasteiger charge is 2.09. The highest BCUT2D eigenvalue weighted by atomic mass is 16.5. The molecule has 0 aliphatic heterocycles. The van der Waals surface area contributed by atoms with Crippen LogP contribution in [0.4, 0.5) is 5.69 Å². The van der Waals surface area contributed by atoms with Gasteiger partial charge in [-0.3, -0.25) is 0 Å². The zero-order valence-corrected chi connectivity index (χ0v) is 11.4. The van der Waals surface area contributed by atoms with Crippen LogP contribution >= 0.6 is 0 Å². The molecule has 1 rings (SSSR count). The molecule has 3 heteroatoms. The summed E-state index contributed by atoms with van der Waals surface area (Å²) in [5.74, 6) is 0. The van der Waals surface area contributed by atoms with E-state index in [0.717, 1.165) is 13.2 Å². The third-order valence-electron chi connectivity index (χ3n) is 2.80. The van der Waals surface area contributed by atoms with Crippen LogP contribution in [0.5, 0.6) is 0 Å². The summed E-state index contributed by atoms with van der Waals surface area (Å²) in [7, 11) is 2.09. The second-order valence-corrected chi connectivity index (χ2v) is 4.63. The number of para-hydroxylation sites is 1. The number of aryl methyl sites for hydroxylation is 1. The summed E-state index contributed by atoms with van der Waals surface area (Å²) in [6.07, 6.45) is 0.286. The van der Waals surface area contributed by atoms with Crippen molar-refractivity contribution >= 4 is 5.69 Å². The van der Waals surface area contributed by atoms with Crippen LogP contribution in [-0.2, 0) is 11.3 Å². The fourth-order valence-corrected chi connectivity index (χ4v) is 1.97. The van der Waals surface area contributed by atoms with Crippen molar-refractivity contribution in [3.8, 4) is 0 Å². The molecule has 0 aliphatic rings. The number of benzene rings is 1. The van der Waals surface area contributed by atoms with Gasteiger partial charge in [0.2, 0.25) is 0 Å². The van der Waals surface area contributed by atoms with Crippen molar-refractivity contribution in [1.29, 1.82) is 0 Å². The summed E-state index contributed by atoms with van der Waals surface area (Å²) in [6, 6.07) is 6.26. The van der Waals surface area contributed by atoms with Crippen LogP contribution in [0.1, 0.15) is 25.0 Å². The minimum Gasteiger partial charge on any atom is -0.377 e. The SMILES string of the molecule is Cc1cccc(CN)c1N(C)CCOC(C)C. The highest BCUT2D eigenvalue weighted by molar-refractivity contribution is 5.58. The van der Waals surface area contributed by atoms with Crippen molar-refractivity contribution < 1.29 is 4.74 Å². The largest absolute Gasteiger partial charge is 0.377 e. The van der Waals surface area contributed by atoms with Crippen molar-refractivity contribution in [3.63, 3.8) is 0 Å². The Morgan fingerprint density at radius 2 is 2.06 bits per heavy atom. The van der Waals surface area contributed by atoms with Gasteiger partial charge in [-0.2, -0.15) is 0 Å². The monoisotopic (exact) mass is 236 g/mol. The van der Waals surface area contributed by atoms with Crippen molar-refractivity contribution in [2.75, 3.05) is 25.1 Å². The molecule has 0 atom stereocenters. The second kappa shape index (κ2) is 6.62. The van der Waals surface area contributed by atoms with Gasteiger partial charge in [0.1, 0.15) is 0 Å². The molecule has 0 aromatic heterocycles. The lowest BCUT2D eigenvalue weighted by Crippen LogP contribution is -2.26. The Morgan fingerprint density at radius 3 is 2.65 bits per heavy atom. The van der Waals surface area contributed by atoms with Crippen LogP contribution in [0, 0.1) is 6.92 Å². The predicted molar refractivity (Wildman–Crippen MR) is 73.4 cm³/mol. The van der Waals surface area contributed by atoms with E-state index in [9.17, 15) is 0 Å². The molecule has 0 bridgehead atoms. The first kappa shape index (κ1) is 14.0. The lowest BCUT2D eigenvalue weighted by Gasteiger charge is -2.24. The predicted octanol–water partition coefficient (Wildman–Crippen LogP) is 2.31. The Bertz CT molecular complexity index is 350. The summed E-state index contributed by atoms with van der Waals surface area (Å²) in [5, 5.41) is 0. The van der Waals surface area contributed by atoms with Crippen LogP contribution in [0.2, 0.25) is 0 Å². The molecule has 0 unspecified atom stereocenters. The number of rotatable bonds is 6. The maximum atomic E-state index is 5.78. The molecule has 2 N–H and O–H groups in total. The summed E-state index contributed by atoms with van der Waals surface area (Å²) < 4.78 is 5.57. The molecule has 0 saturated heterocycles. The maximum Gasteiger partial charge on any atom is 0.0644 e. The Hall–Kier alpha value is -1.06. The molecule has 17 heavy (non-hydrogen) atoms. The van der Waals surface area contributed by atoms with Gasteiger partial charge < -0.3 is 15.4 Å². The number of anilines is 1. The Kier molecular flexibility index (Phi) is 5.45. The van der Waals surface area contributed by atoms with Gasteiger partial charge in [-0.05, 0) is 31.9 Å². The topological polar surface area (TPSA) is 38.5 Å². The van der Waals surface area contributed by atoms with Crippen molar-refractivity contribution in [3.05, 3.63) is 29.3 Å². The quantitative estimate of drug-likeness (QED) is 0.823. The van der Waals surface area contributed by atoms with E-state index in [1.807, 2.05) is 0 Å². The number of nitrogens with two attached hydrogens (primary N) is 1. The van der Waals surface area contributed by atoms with Crippen molar-refractivity contribution in [1.82, 2.24) is 0 Å². The first-order valence-corrected chi connectivity index (χ1v) is 6.17. The van der Waals surface area contributed by atoms with Crippen LogP contribution in [0.3, 0.4) is 0 Å². The molecule has 0 heterocycles. The van der Waals surface area contributed by atoms with Crippen molar-refractivity contribution in [2.24, 2.45) is 5.73 Å². The minimum absolute atomic E-state index is 0.286. The van der Waals surface area contributed by atoms with Gasteiger partial charge in [0, 0.05) is 25.8 Å². The molecule has 1 aromatic rings. The molecular weight excluding hydrogens is 212 g/mol. The number of nitrogens with zero attached hydrogens (tertiary/aromatic N) is 1. The van der Waals surface area contributed by atoms with E-state index in [1.54, 1.807) is 0 Å². The van der Waals surface area contributed by atoms with Gasteiger partial charge in [-0.15, -0.1) is 0 Å². The summed E-state index contributed by atoms with van der Waals surface area (Å²) in [4.78, 5) is 2.22. The first-order chi connectivity index (χ1) is 8.06. The average molecular weight is 236 g/mol. The number of hydrogen-bond acceptors (Lipinski definition) is 3. The number of hydrogen-bond donors (Lipinski definition) is 1. The van der Waals surface area contributed by atoms with Crippen molar-refractivity contribution in [2.45, 2.75) is 33.4 Å². The average Bonchev–Trinajstić information content (AvgIpc) is 2.27. The van der Waals surface area contributed by atoms with E-state index in [2.05, 4.69) is 50.9 Å². The number of ether oxygens (including phenoxy) is 1. The van der Waals surface area contributed by atoms with E-state index in [0.29, 0.717) is 6.54 Å². The maximum absolute atomic E-state index is 5.78. The molecule has 0 fully saturated rings. The van der Waals surface area contributed by atoms with E-state index in [1.165, 1.54) is 16.8 Å². The lowest BCUT2D eigenvalue weighted by atomic mass is 10.1. The summed E-state index contributed by atoms with van der Waals surface area (Å²) in [6.45, 7) is 8.43. The second-order valence-electron chi connectivity index (χ2n) is 4.63. The standard InChI is InChI=1S/C14H24N2O/c1-11(2)17-9-8-16(4)14-12(3)6-5-7-13(14)10-15/h5-7,11H,8-10,15H2,1-4H3. The molecule has 0 spiro atoms. The van der Waals surface area contributed by atoms with E-state index in [-0.39, 0.29) is 6.10 Å². The zero-order valence-electron chi connectivity index (χ0n) is 11.4. The Morgan fingerprint density at radius 1 is 1.35 bits per heavy atom. The van der Waals surface area contributed by atoms with Gasteiger partial charge in [-0.1, -0.05) is 18.2 Å².